The van der Waals surface area contributed by atoms with Crippen LogP contribution in [0.5, 0.6) is 5.75 Å². The molecule has 5 nitrogen and oxygen atoms in total. The van der Waals surface area contributed by atoms with E-state index in [0.717, 1.165) is 12.1 Å². The Bertz CT molecular complexity index is 576. The molecule has 0 aliphatic heterocycles. The maximum Gasteiger partial charge on any atom is 0.264 e. The number of hydrogen-bond acceptors (Lipinski definition) is 4. The van der Waals surface area contributed by atoms with Gasteiger partial charge in [-0.2, -0.15) is 4.39 Å². The Labute approximate surface area is 106 Å². The Hall–Kier alpha value is -1.41. The number of benzene rings is 1. The van der Waals surface area contributed by atoms with E-state index in [-0.39, 0.29) is 0 Å². The van der Waals surface area contributed by atoms with E-state index < -0.39 is 43.8 Å². The topological polar surface area (TPSA) is 72.5 Å². The summed E-state index contributed by atoms with van der Waals surface area (Å²) >= 11 is 0. The summed E-state index contributed by atoms with van der Waals surface area (Å²) in [5.74, 6) is -4.32. The van der Waals surface area contributed by atoms with Crippen molar-refractivity contribution in [3.05, 3.63) is 23.8 Å². The summed E-state index contributed by atoms with van der Waals surface area (Å²) < 4.78 is 53.2. The third-order valence-corrected chi connectivity index (χ3v) is 3.25. The number of ether oxygens (including phenoxy) is 1. The maximum absolute atomic E-state index is 13.4. The number of carbonyl (C=O) groups excluding carboxylic acids is 1. The van der Waals surface area contributed by atoms with Crippen molar-refractivity contribution in [2.24, 2.45) is 0 Å². The van der Waals surface area contributed by atoms with Gasteiger partial charge in [0.15, 0.2) is 18.2 Å². The highest BCUT2D eigenvalue weighted by atomic mass is 35.7. The fourth-order valence-corrected chi connectivity index (χ4v) is 1.92. The van der Waals surface area contributed by atoms with Crippen LogP contribution in [0, 0.1) is 11.6 Å². The lowest BCUT2D eigenvalue weighted by atomic mass is 10.3. The van der Waals surface area contributed by atoms with Gasteiger partial charge in [-0.05, 0) is 12.1 Å². The van der Waals surface area contributed by atoms with Crippen LogP contribution < -0.4 is 10.1 Å². The summed E-state index contributed by atoms with van der Waals surface area (Å²) in [6.45, 7) is -0.528. The molecule has 0 spiro atoms. The molecular weight excluding hydrogens is 292 g/mol. The largest absolute Gasteiger partial charge is 0.481 e. The van der Waals surface area contributed by atoms with Gasteiger partial charge in [0.2, 0.25) is 5.82 Å². The van der Waals surface area contributed by atoms with Crippen LogP contribution in [-0.4, -0.2) is 28.0 Å². The van der Waals surface area contributed by atoms with E-state index in [1.165, 1.54) is 7.05 Å². The lowest BCUT2D eigenvalue weighted by molar-refractivity contribution is -0.122. The van der Waals surface area contributed by atoms with E-state index in [1.54, 1.807) is 0 Å². The van der Waals surface area contributed by atoms with E-state index in [1.807, 2.05) is 0 Å². The van der Waals surface area contributed by atoms with Crippen molar-refractivity contribution in [3.8, 4) is 5.75 Å². The predicted octanol–water partition coefficient (Wildman–Crippen LogP) is 1.02. The SMILES string of the molecule is CNC(=O)COc1ccc(S(=O)(=O)Cl)c(F)c1F. The van der Waals surface area contributed by atoms with Crippen molar-refractivity contribution in [2.45, 2.75) is 4.90 Å². The summed E-state index contributed by atoms with van der Waals surface area (Å²) in [5, 5.41) is 2.21. The molecule has 0 saturated heterocycles. The van der Waals surface area contributed by atoms with Crippen molar-refractivity contribution >= 4 is 25.6 Å². The zero-order valence-corrected chi connectivity index (χ0v) is 10.6. The molecule has 1 aromatic carbocycles. The zero-order chi connectivity index (χ0) is 13.9. The first-order chi connectivity index (χ1) is 8.27. The van der Waals surface area contributed by atoms with Crippen LogP contribution >= 0.6 is 10.7 Å². The minimum absolute atomic E-state index is 0.528. The second-order valence-corrected chi connectivity index (χ2v) is 5.62. The molecule has 0 aromatic heterocycles. The first-order valence-corrected chi connectivity index (χ1v) is 6.84. The van der Waals surface area contributed by atoms with Gasteiger partial charge in [-0.1, -0.05) is 0 Å². The molecule has 0 aliphatic carbocycles. The van der Waals surface area contributed by atoms with Crippen LogP contribution in [0.15, 0.2) is 17.0 Å². The van der Waals surface area contributed by atoms with E-state index in [2.05, 4.69) is 10.1 Å². The lowest BCUT2D eigenvalue weighted by Gasteiger charge is -2.08. The highest BCUT2D eigenvalue weighted by Gasteiger charge is 2.22. The van der Waals surface area contributed by atoms with Gasteiger partial charge in [-0.3, -0.25) is 4.79 Å². The third kappa shape index (κ3) is 3.30. The van der Waals surface area contributed by atoms with Crippen molar-refractivity contribution < 1.29 is 26.7 Å². The molecule has 0 bridgehead atoms. The molecule has 1 rings (SSSR count). The van der Waals surface area contributed by atoms with E-state index in [4.69, 9.17) is 10.7 Å². The van der Waals surface area contributed by atoms with Crippen LogP contribution in [0.4, 0.5) is 8.78 Å². The minimum atomic E-state index is -4.39. The molecule has 100 valence electrons. The zero-order valence-electron chi connectivity index (χ0n) is 9.04. The fourth-order valence-electron chi connectivity index (χ4n) is 1.03. The van der Waals surface area contributed by atoms with Gasteiger partial charge in [0.25, 0.3) is 15.0 Å². The Morgan fingerprint density at radius 3 is 2.50 bits per heavy atom. The maximum atomic E-state index is 13.4. The number of hydrogen-bond donors (Lipinski definition) is 1. The molecule has 0 aliphatic rings. The Morgan fingerprint density at radius 2 is 2.00 bits per heavy atom. The first kappa shape index (κ1) is 14.7. The molecule has 9 heteroatoms. The van der Waals surface area contributed by atoms with Crippen molar-refractivity contribution in [2.75, 3.05) is 13.7 Å². The van der Waals surface area contributed by atoms with Crippen LogP contribution in [0.2, 0.25) is 0 Å². The molecule has 0 heterocycles. The first-order valence-electron chi connectivity index (χ1n) is 4.53. The van der Waals surface area contributed by atoms with Crippen molar-refractivity contribution in [1.29, 1.82) is 0 Å². The quantitative estimate of drug-likeness (QED) is 0.843. The average molecular weight is 300 g/mol. The van der Waals surface area contributed by atoms with Gasteiger partial charge in [0, 0.05) is 17.7 Å². The molecule has 18 heavy (non-hydrogen) atoms. The van der Waals surface area contributed by atoms with E-state index in [9.17, 15) is 22.0 Å². The fraction of sp³-hybridized carbons (Fsp3) is 0.222. The van der Waals surface area contributed by atoms with Crippen LogP contribution in [0.3, 0.4) is 0 Å². The van der Waals surface area contributed by atoms with E-state index in [0.29, 0.717) is 0 Å². The number of carbonyl (C=O) groups is 1. The number of likely N-dealkylation sites (N-methyl/N-ethyl adjacent to an activating group) is 1. The molecule has 0 atom stereocenters. The molecule has 0 saturated carbocycles. The monoisotopic (exact) mass is 299 g/mol. The highest BCUT2D eigenvalue weighted by molar-refractivity contribution is 8.13. The minimum Gasteiger partial charge on any atom is -0.481 e. The third-order valence-electron chi connectivity index (χ3n) is 1.91. The molecule has 0 unspecified atom stereocenters. The van der Waals surface area contributed by atoms with Gasteiger partial charge in [-0.25, -0.2) is 12.8 Å². The van der Waals surface area contributed by atoms with Gasteiger partial charge >= 0.3 is 0 Å². The summed E-state index contributed by atoms with van der Waals surface area (Å²) in [7, 11) is 1.85. The second-order valence-electron chi connectivity index (χ2n) is 3.09. The molecule has 0 fully saturated rings. The molecule has 1 N–H and O–H groups in total. The Kier molecular flexibility index (Phi) is 4.47. The standard InChI is InChI=1S/C9H8ClF2NO4S/c1-13-7(14)4-17-5-2-3-6(18(10,15)16)9(12)8(5)11/h2-3H,4H2,1H3,(H,13,14). The molecule has 0 radical (unpaired) electrons. The van der Waals surface area contributed by atoms with Crippen LogP contribution in [0.1, 0.15) is 0 Å². The Morgan fingerprint density at radius 1 is 1.39 bits per heavy atom. The summed E-state index contributed by atoms with van der Waals surface area (Å²) in [4.78, 5) is 9.85. The van der Waals surface area contributed by atoms with E-state index >= 15 is 0 Å². The summed E-state index contributed by atoms with van der Waals surface area (Å²) in [6, 6.07) is 1.62. The smallest absolute Gasteiger partial charge is 0.264 e. The number of amides is 1. The van der Waals surface area contributed by atoms with Crippen LogP contribution in [0.25, 0.3) is 0 Å². The van der Waals surface area contributed by atoms with Crippen molar-refractivity contribution in [3.63, 3.8) is 0 Å². The van der Waals surface area contributed by atoms with Crippen molar-refractivity contribution in [1.82, 2.24) is 5.32 Å². The number of nitrogens with one attached hydrogen (secondary N) is 1. The Balaban J connectivity index is 3.06. The summed E-state index contributed by atoms with van der Waals surface area (Å²) in [6.07, 6.45) is 0. The molecule has 1 amide bonds. The van der Waals surface area contributed by atoms with Gasteiger partial charge in [0.05, 0.1) is 0 Å². The number of halogens is 3. The average Bonchev–Trinajstić information content (AvgIpc) is 2.28. The normalized spacial score (nSPS) is 11.1. The number of rotatable bonds is 4. The van der Waals surface area contributed by atoms with Gasteiger partial charge in [0.1, 0.15) is 4.90 Å². The van der Waals surface area contributed by atoms with Gasteiger partial charge < -0.3 is 10.1 Å². The predicted molar refractivity (Wildman–Crippen MR) is 59.0 cm³/mol. The second kappa shape index (κ2) is 5.49. The summed E-state index contributed by atoms with van der Waals surface area (Å²) in [5.41, 5.74) is 0. The highest BCUT2D eigenvalue weighted by Crippen LogP contribution is 2.27. The van der Waals surface area contributed by atoms with Gasteiger partial charge in [-0.15, -0.1) is 0 Å². The lowest BCUT2D eigenvalue weighted by Crippen LogP contribution is -2.25. The molecule has 1 aromatic rings. The van der Waals surface area contributed by atoms with Crippen LogP contribution in [-0.2, 0) is 13.8 Å². The molecular formula is C9H8ClF2NO4S.